The van der Waals surface area contributed by atoms with Crippen LogP contribution in [0.5, 0.6) is 0 Å². The number of primary amides is 1. The number of nitrogens with two attached hydrogens (primary N) is 1. The van der Waals surface area contributed by atoms with Crippen molar-refractivity contribution >= 4 is 107 Å². The highest BCUT2D eigenvalue weighted by atomic mass is 16.4. The smallest absolute Gasteiger partial charge is 0.305 e. The Kier molecular flexibility index (Phi) is 26.9. The lowest BCUT2D eigenvalue weighted by molar-refractivity contribution is -0.145. The molecule has 0 fully saturated rings. The Labute approximate surface area is 411 Å². The standard InChI is InChI=1S/C37H50N10O27/c1-39-12(3-21(50)51)30(67)41-14(5-23(54)55)32(69)43-16(7-25(58)59)34(71)45-18(9-27(62)63)36(73)47-19(10-28(64)65)37(74)46-17(8-26(60)61)35(72)44-15(6-24(56)57)33(70)42-13(4-22(52)53)31(68)40-11(29(38)66)2-20(48)49/h11-19,39H,2-10H2,1H3,(H2,38,66)(H,40,68)(H,41,67)(H,42,70)(H,43,69)(H,44,72)(H,45,71)(H,46,74)(H,47,73)(H,48,49)(H,50,51)(H,52,53)(H,54,55)(H,56,57)(H,58,59)(H,60,61)(H,62,63)(H,64,65)/t11?,12?,13-,14-,15?,16?,17-,18-,19?/m0/s1. The number of carbonyl (C=O) groups is 18. The average Bonchev–Trinajstić information content (AvgIpc) is 3.24. The van der Waals surface area contributed by atoms with Crippen molar-refractivity contribution in [3.63, 3.8) is 0 Å². The molecule has 0 aliphatic heterocycles. The summed E-state index contributed by atoms with van der Waals surface area (Å²) in [6.07, 6.45) is -12.0. The molecule has 37 heteroatoms. The van der Waals surface area contributed by atoms with Gasteiger partial charge in [0.15, 0.2) is 0 Å². The van der Waals surface area contributed by atoms with Crippen LogP contribution >= 0.6 is 0 Å². The van der Waals surface area contributed by atoms with Gasteiger partial charge in [-0.25, -0.2) is 0 Å². The summed E-state index contributed by atoms with van der Waals surface area (Å²) in [6.45, 7) is 0. The second-order valence-electron chi connectivity index (χ2n) is 15.1. The lowest BCUT2D eigenvalue weighted by atomic mass is 10.1. The molecule has 20 N–H and O–H groups in total. The van der Waals surface area contributed by atoms with E-state index in [0.29, 0.717) is 0 Å². The Morgan fingerprint density at radius 3 is 0.514 bits per heavy atom. The van der Waals surface area contributed by atoms with E-state index in [1.807, 2.05) is 5.32 Å². The SMILES string of the molecule is CNC(CC(=O)O)C(=O)N[C@@H](CC(=O)O)C(=O)NC(CC(=O)O)C(=O)N[C@@H](CC(=O)O)C(=O)NC(CC(=O)O)C(=O)N[C@@H](CC(=O)O)C(=O)NC(CC(=O)O)C(=O)N[C@@H](CC(=O)O)C(=O)NC(CC(=O)O)C(N)=O. The molecule has 37 nitrogen and oxygen atoms in total. The van der Waals surface area contributed by atoms with Crippen molar-refractivity contribution in [2.75, 3.05) is 7.05 Å². The molecule has 410 valence electrons. The second-order valence-corrected chi connectivity index (χ2v) is 15.1. The summed E-state index contributed by atoms with van der Waals surface area (Å²) in [5, 5.41) is 100. The first-order valence-corrected chi connectivity index (χ1v) is 20.5. The fourth-order valence-electron chi connectivity index (χ4n) is 5.76. The molecule has 0 saturated heterocycles. The molecule has 0 radical (unpaired) electrons. The first-order valence-electron chi connectivity index (χ1n) is 20.5. The van der Waals surface area contributed by atoms with Gasteiger partial charge in [-0.05, 0) is 7.05 Å². The third-order valence-corrected chi connectivity index (χ3v) is 9.16. The van der Waals surface area contributed by atoms with Crippen LogP contribution in [-0.2, 0) is 86.3 Å². The topological polar surface area (TPSA) is 624 Å². The first kappa shape index (κ1) is 64.4. The molecule has 0 saturated carbocycles. The maximum absolute atomic E-state index is 13.5. The van der Waals surface area contributed by atoms with Crippen molar-refractivity contribution in [3.05, 3.63) is 0 Å². The summed E-state index contributed by atoms with van der Waals surface area (Å²) in [5.74, 6) is -31.2. The van der Waals surface area contributed by atoms with E-state index in [4.69, 9.17) is 15.9 Å². The van der Waals surface area contributed by atoms with E-state index < -0.39 is 219 Å². The molecule has 0 heterocycles. The summed E-state index contributed by atoms with van der Waals surface area (Å²) in [5.41, 5.74) is 5.03. The molecule has 0 aliphatic rings. The number of hydrogen-bond acceptors (Lipinski definition) is 19. The summed E-state index contributed by atoms with van der Waals surface area (Å²) >= 11 is 0. The van der Waals surface area contributed by atoms with Crippen molar-refractivity contribution < 1.29 is 132 Å². The van der Waals surface area contributed by atoms with E-state index >= 15 is 0 Å². The number of carboxylic acid groups (broad SMARTS) is 9. The predicted octanol–water partition coefficient (Wildman–Crippen LogP) is -9.79. The Morgan fingerprint density at radius 1 is 0.257 bits per heavy atom. The van der Waals surface area contributed by atoms with Crippen LogP contribution in [0.3, 0.4) is 0 Å². The molecular weight excluding hydrogens is 1020 g/mol. The Bertz CT molecular complexity index is 2250. The molecule has 5 unspecified atom stereocenters. The van der Waals surface area contributed by atoms with Gasteiger partial charge in [-0.3, -0.25) is 86.3 Å². The lowest BCUT2D eigenvalue weighted by Crippen LogP contribution is -2.61. The van der Waals surface area contributed by atoms with Crippen LogP contribution in [0.25, 0.3) is 0 Å². The lowest BCUT2D eigenvalue weighted by Gasteiger charge is -2.26. The zero-order valence-corrected chi connectivity index (χ0v) is 38.0. The van der Waals surface area contributed by atoms with Crippen molar-refractivity contribution in [1.29, 1.82) is 0 Å². The molecule has 0 aromatic heterocycles. The van der Waals surface area contributed by atoms with Gasteiger partial charge in [0.25, 0.3) is 0 Å². The molecule has 0 aromatic rings. The normalized spacial score (nSPS) is 14.2. The fraction of sp³-hybridized carbons (Fsp3) is 0.514. The van der Waals surface area contributed by atoms with Crippen molar-refractivity contribution in [2.45, 2.75) is 112 Å². The predicted molar refractivity (Wildman–Crippen MR) is 228 cm³/mol. The van der Waals surface area contributed by atoms with Crippen molar-refractivity contribution in [3.8, 4) is 0 Å². The molecular formula is C37H50N10O27. The maximum atomic E-state index is 13.5. The highest BCUT2D eigenvalue weighted by Crippen LogP contribution is 2.07. The number of likely N-dealkylation sites (N-methyl/N-ethyl adjacent to an activating group) is 1. The number of aliphatic carboxylic acids is 9. The zero-order valence-electron chi connectivity index (χ0n) is 38.0. The zero-order chi connectivity index (χ0) is 57.3. The van der Waals surface area contributed by atoms with Crippen LogP contribution < -0.4 is 53.6 Å². The van der Waals surface area contributed by atoms with Crippen LogP contribution in [0.4, 0.5) is 0 Å². The highest BCUT2D eigenvalue weighted by Gasteiger charge is 2.38. The number of hydrogen-bond donors (Lipinski definition) is 19. The third kappa shape index (κ3) is 25.3. The van der Waals surface area contributed by atoms with E-state index in [2.05, 4.69) is 5.32 Å². The van der Waals surface area contributed by atoms with E-state index in [-0.39, 0.29) is 0 Å². The number of amides is 9. The quantitative estimate of drug-likeness (QED) is 0.0277. The summed E-state index contributed by atoms with van der Waals surface area (Å²) < 4.78 is 0. The average molecular weight is 1070 g/mol. The minimum absolute atomic E-state index is 0.892. The minimum Gasteiger partial charge on any atom is -0.481 e. The molecule has 9 amide bonds. The Morgan fingerprint density at radius 2 is 0.378 bits per heavy atom. The monoisotopic (exact) mass is 1070 g/mol. The van der Waals surface area contributed by atoms with Gasteiger partial charge in [-0.1, -0.05) is 0 Å². The molecule has 0 aromatic carbocycles. The van der Waals surface area contributed by atoms with Gasteiger partial charge in [0, 0.05) is 0 Å². The summed E-state index contributed by atoms with van der Waals surface area (Å²) in [4.78, 5) is 221. The van der Waals surface area contributed by atoms with Gasteiger partial charge in [-0.2, -0.15) is 0 Å². The van der Waals surface area contributed by atoms with Crippen molar-refractivity contribution in [2.24, 2.45) is 5.73 Å². The van der Waals surface area contributed by atoms with E-state index in [0.717, 1.165) is 7.05 Å². The maximum Gasteiger partial charge on any atom is 0.305 e. The number of rotatable bonds is 36. The Balaban J connectivity index is 6.77. The molecule has 0 rings (SSSR count). The number of carboxylic acids is 9. The van der Waals surface area contributed by atoms with Gasteiger partial charge < -0.3 is 99.5 Å². The van der Waals surface area contributed by atoms with Crippen LogP contribution in [0, 0.1) is 0 Å². The second kappa shape index (κ2) is 30.9. The van der Waals surface area contributed by atoms with Crippen molar-refractivity contribution in [1.82, 2.24) is 47.9 Å². The highest BCUT2D eigenvalue weighted by molar-refractivity contribution is 6.02. The van der Waals surface area contributed by atoms with Crippen LogP contribution in [-0.4, -0.2) is 214 Å². The van der Waals surface area contributed by atoms with Gasteiger partial charge in [-0.15, -0.1) is 0 Å². The molecule has 0 spiro atoms. The van der Waals surface area contributed by atoms with Crippen LogP contribution in [0.1, 0.15) is 57.8 Å². The van der Waals surface area contributed by atoms with Crippen LogP contribution in [0.2, 0.25) is 0 Å². The van der Waals surface area contributed by atoms with Gasteiger partial charge in [0.2, 0.25) is 53.2 Å². The van der Waals surface area contributed by atoms with Gasteiger partial charge in [0.1, 0.15) is 48.3 Å². The Hall–Kier alpha value is -9.58. The summed E-state index contributed by atoms with van der Waals surface area (Å²) in [6, 6.07) is -20.2. The van der Waals surface area contributed by atoms with Gasteiger partial charge in [0.05, 0.1) is 63.8 Å². The minimum atomic E-state index is -2.49. The van der Waals surface area contributed by atoms with Crippen LogP contribution in [0.15, 0.2) is 0 Å². The molecule has 9 atom stereocenters. The third-order valence-electron chi connectivity index (χ3n) is 9.16. The molecule has 0 aliphatic carbocycles. The van der Waals surface area contributed by atoms with E-state index in [1.54, 1.807) is 37.2 Å². The van der Waals surface area contributed by atoms with Gasteiger partial charge >= 0.3 is 53.7 Å². The molecule has 0 bridgehead atoms. The number of nitrogens with one attached hydrogen (secondary N) is 9. The summed E-state index contributed by atoms with van der Waals surface area (Å²) in [7, 11) is 1.12. The first-order chi connectivity index (χ1) is 34.2. The largest absolute Gasteiger partial charge is 0.481 e. The van der Waals surface area contributed by atoms with E-state index in [9.17, 15) is 122 Å². The fourth-order valence-corrected chi connectivity index (χ4v) is 5.76. The molecule has 74 heavy (non-hydrogen) atoms. The number of carbonyl (C=O) groups excluding carboxylic acids is 9. The van der Waals surface area contributed by atoms with E-state index in [1.165, 1.54) is 0 Å².